The van der Waals surface area contributed by atoms with E-state index in [4.69, 9.17) is 18.4 Å². The molecule has 10 heteroatoms. The first kappa shape index (κ1) is 29.9. The third-order valence-electron chi connectivity index (χ3n) is 7.42. The Morgan fingerprint density at radius 2 is 1.83 bits per heavy atom. The van der Waals surface area contributed by atoms with E-state index in [0.29, 0.717) is 58.2 Å². The highest BCUT2D eigenvalue weighted by Crippen LogP contribution is 2.30. The number of aromatic nitrogens is 1. The van der Waals surface area contributed by atoms with E-state index in [1.165, 1.54) is 4.31 Å². The van der Waals surface area contributed by atoms with Gasteiger partial charge in [0.25, 0.3) is 0 Å². The molecule has 2 aliphatic heterocycles. The van der Waals surface area contributed by atoms with Crippen molar-refractivity contribution < 1.29 is 31.6 Å². The highest BCUT2D eigenvalue weighted by atomic mass is 32.2. The zero-order chi connectivity index (χ0) is 29.4. The Balaban J connectivity index is 1.15. The van der Waals surface area contributed by atoms with Crippen LogP contribution in [0.2, 0.25) is 0 Å². The fourth-order valence-electron chi connectivity index (χ4n) is 5.04. The number of aryl methyl sites for hydroxylation is 1. The molecule has 3 heterocycles. The molecule has 0 N–H and O–H groups in total. The molecule has 0 spiro atoms. The van der Waals surface area contributed by atoms with Crippen molar-refractivity contribution in [3.63, 3.8) is 0 Å². The number of carbonyl (C=O) groups excluding carboxylic acids is 1. The summed E-state index contributed by atoms with van der Waals surface area (Å²) in [6.45, 7) is 4.69. The lowest BCUT2D eigenvalue weighted by molar-refractivity contribution is -0.141. The van der Waals surface area contributed by atoms with Crippen LogP contribution in [-0.4, -0.2) is 63.2 Å². The van der Waals surface area contributed by atoms with E-state index in [0.717, 1.165) is 33.5 Å². The lowest BCUT2D eigenvalue weighted by atomic mass is 9.95. The summed E-state index contributed by atoms with van der Waals surface area (Å²) >= 11 is 0. The molecule has 0 radical (unpaired) electrons. The van der Waals surface area contributed by atoms with Crippen LogP contribution in [0.1, 0.15) is 36.0 Å². The van der Waals surface area contributed by atoms with Gasteiger partial charge in [-0.1, -0.05) is 60.7 Å². The number of carbonyl (C=O) groups is 1. The summed E-state index contributed by atoms with van der Waals surface area (Å²) in [6.07, 6.45) is 3.35. The Bertz CT molecular complexity index is 1500. The van der Waals surface area contributed by atoms with E-state index >= 15 is 0 Å². The number of hydrogen-bond acceptors (Lipinski definition) is 8. The summed E-state index contributed by atoms with van der Waals surface area (Å²) in [6, 6.07) is 21.8. The SMILES string of the molecule is Cc1cc(C2=CCN(S(=O)(=O)OC(=O)C3CCOCC3)CC2)ccc1-c1cccc(OCCOCc2ccccc2)n1. The first-order chi connectivity index (χ1) is 20.4. The minimum atomic E-state index is -4.15. The highest BCUT2D eigenvalue weighted by Gasteiger charge is 2.32. The maximum Gasteiger partial charge on any atom is 0.387 e. The molecular formula is C32H36N2O7S. The molecule has 1 aromatic heterocycles. The van der Waals surface area contributed by atoms with Crippen molar-refractivity contribution in [2.75, 3.05) is 39.5 Å². The van der Waals surface area contributed by atoms with Gasteiger partial charge in [0.1, 0.15) is 6.61 Å². The average molecular weight is 593 g/mol. The molecule has 222 valence electrons. The Labute approximate surface area is 247 Å². The van der Waals surface area contributed by atoms with Crippen LogP contribution in [0.3, 0.4) is 0 Å². The largest absolute Gasteiger partial charge is 0.475 e. The number of nitrogens with zero attached hydrogens (tertiary/aromatic N) is 2. The van der Waals surface area contributed by atoms with Crippen LogP contribution >= 0.6 is 0 Å². The second-order valence-electron chi connectivity index (χ2n) is 10.4. The van der Waals surface area contributed by atoms with Gasteiger partial charge in [0.15, 0.2) is 0 Å². The van der Waals surface area contributed by atoms with Crippen LogP contribution in [0.15, 0.2) is 72.8 Å². The Morgan fingerprint density at radius 1 is 1.02 bits per heavy atom. The van der Waals surface area contributed by atoms with E-state index in [-0.39, 0.29) is 13.1 Å². The van der Waals surface area contributed by atoms with E-state index in [1.54, 1.807) is 0 Å². The van der Waals surface area contributed by atoms with Crippen molar-refractivity contribution in [2.45, 2.75) is 32.8 Å². The van der Waals surface area contributed by atoms with Crippen LogP contribution in [0.5, 0.6) is 5.88 Å². The van der Waals surface area contributed by atoms with Gasteiger partial charge in [0.2, 0.25) is 5.88 Å². The van der Waals surface area contributed by atoms with Crippen LogP contribution < -0.4 is 4.74 Å². The second kappa shape index (κ2) is 14.1. The van der Waals surface area contributed by atoms with Crippen LogP contribution in [0.25, 0.3) is 16.8 Å². The third kappa shape index (κ3) is 7.83. The van der Waals surface area contributed by atoms with E-state index < -0.39 is 22.2 Å². The van der Waals surface area contributed by atoms with Gasteiger partial charge in [0, 0.05) is 37.9 Å². The van der Waals surface area contributed by atoms with Crippen molar-refractivity contribution in [2.24, 2.45) is 5.92 Å². The first-order valence-electron chi connectivity index (χ1n) is 14.2. The molecule has 1 fully saturated rings. The van der Waals surface area contributed by atoms with Gasteiger partial charge < -0.3 is 18.4 Å². The summed E-state index contributed by atoms with van der Waals surface area (Å²) in [5.74, 6) is -0.599. The molecule has 2 aromatic carbocycles. The molecule has 0 aliphatic carbocycles. The van der Waals surface area contributed by atoms with Gasteiger partial charge in [-0.15, -0.1) is 0 Å². The molecule has 5 rings (SSSR count). The van der Waals surface area contributed by atoms with E-state index in [9.17, 15) is 13.2 Å². The molecule has 2 aliphatic rings. The van der Waals surface area contributed by atoms with E-state index in [1.807, 2.05) is 73.7 Å². The zero-order valence-electron chi connectivity index (χ0n) is 23.7. The number of ether oxygens (including phenoxy) is 3. The minimum absolute atomic E-state index is 0.148. The molecule has 3 aromatic rings. The Morgan fingerprint density at radius 3 is 2.57 bits per heavy atom. The van der Waals surface area contributed by atoms with Gasteiger partial charge in [-0.25, -0.2) is 4.98 Å². The first-order valence-corrected chi connectivity index (χ1v) is 15.6. The quantitative estimate of drug-likeness (QED) is 0.288. The summed E-state index contributed by atoms with van der Waals surface area (Å²) in [4.78, 5) is 17.0. The highest BCUT2D eigenvalue weighted by molar-refractivity contribution is 7.84. The summed E-state index contributed by atoms with van der Waals surface area (Å²) in [7, 11) is -4.15. The molecule has 42 heavy (non-hydrogen) atoms. The smallest absolute Gasteiger partial charge is 0.387 e. The van der Waals surface area contributed by atoms with Gasteiger partial charge in [-0.05, 0) is 54.5 Å². The van der Waals surface area contributed by atoms with Crippen molar-refractivity contribution in [1.29, 1.82) is 0 Å². The number of benzene rings is 2. The standard InChI is InChI=1S/C32H36N2O7S/c1-24-22-28(26-12-16-34(17-13-26)42(36,37)41-32(35)27-14-18-38-19-15-27)10-11-29(24)30-8-5-9-31(33-30)40-21-20-39-23-25-6-3-2-4-7-25/h2-12,22,27H,13-21,23H2,1H3. The Kier molecular flexibility index (Phi) is 10.0. The van der Waals surface area contributed by atoms with Gasteiger partial charge >= 0.3 is 16.3 Å². The molecular weight excluding hydrogens is 556 g/mol. The average Bonchev–Trinajstić information content (AvgIpc) is 3.02. The van der Waals surface area contributed by atoms with E-state index in [2.05, 4.69) is 11.1 Å². The van der Waals surface area contributed by atoms with Crippen molar-refractivity contribution >= 4 is 21.8 Å². The fraction of sp³-hybridized carbons (Fsp3) is 0.375. The summed E-state index contributed by atoms with van der Waals surface area (Å²) in [5.41, 5.74) is 6.04. The van der Waals surface area contributed by atoms with Crippen LogP contribution in [-0.2, 0) is 35.4 Å². The fourth-order valence-corrected chi connectivity index (χ4v) is 6.06. The predicted octanol–water partition coefficient (Wildman–Crippen LogP) is 4.96. The molecule has 9 nitrogen and oxygen atoms in total. The number of pyridine rings is 1. The minimum Gasteiger partial charge on any atom is -0.475 e. The molecule has 0 atom stereocenters. The molecule has 0 saturated carbocycles. The lowest BCUT2D eigenvalue weighted by Crippen LogP contribution is -2.38. The lowest BCUT2D eigenvalue weighted by Gasteiger charge is -2.26. The normalized spacial score (nSPS) is 16.5. The number of rotatable bonds is 11. The van der Waals surface area contributed by atoms with Gasteiger partial charge in [-0.2, -0.15) is 12.7 Å². The van der Waals surface area contributed by atoms with Gasteiger partial charge in [0.05, 0.1) is 24.8 Å². The molecule has 0 amide bonds. The van der Waals surface area contributed by atoms with Crippen molar-refractivity contribution in [1.82, 2.24) is 9.29 Å². The van der Waals surface area contributed by atoms with Gasteiger partial charge in [-0.3, -0.25) is 4.79 Å². The van der Waals surface area contributed by atoms with Crippen molar-refractivity contribution in [3.05, 3.63) is 89.5 Å². The topological polar surface area (TPSA) is 104 Å². The van der Waals surface area contributed by atoms with Crippen molar-refractivity contribution in [3.8, 4) is 17.1 Å². The number of hydrogen-bond donors (Lipinski definition) is 0. The predicted molar refractivity (Wildman–Crippen MR) is 159 cm³/mol. The third-order valence-corrected chi connectivity index (χ3v) is 8.76. The molecule has 0 bridgehead atoms. The maximum atomic E-state index is 12.7. The summed E-state index contributed by atoms with van der Waals surface area (Å²) in [5, 5.41) is 0. The maximum absolute atomic E-state index is 12.7. The molecule has 1 saturated heterocycles. The monoisotopic (exact) mass is 592 g/mol. The second-order valence-corrected chi connectivity index (χ2v) is 11.9. The summed E-state index contributed by atoms with van der Waals surface area (Å²) < 4.78 is 48.4. The van der Waals surface area contributed by atoms with Crippen LogP contribution in [0.4, 0.5) is 0 Å². The Hall–Kier alpha value is -3.57. The zero-order valence-corrected chi connectivity index (χ0v) is 24.6. The van der Waals surface area contributed by atoms with Crippen LogP contribution in [0, 0.1) is 12.8 Å². The molecule has 0 unspecified atom stereocenters.